The maximum atomic E-state index is 10.7. The molecule has 5 nitrogen and oxygen atoms in total. The average molecular weight is 311 g/mol. The van der Waals surface area contributed by atoms with Crippen molar-refractivity contribution in [3.63, 3.8) is 0 Å². The van der Waals surface area contributed by atoms with Crippen LogP contribution in [0.1, 0.15) is 11.7 Å². The first kappa shape index (κ1) is 13.4. The van der Waals surface area contributed by atoms with Gasteiger partial charge in [-0.25, -0.2) is 0 Å². The van der Waals surface area contributed by atoms with Gasteiger partial charge in [0.2, 0.25) is 0 Å². The molecule has 88 valence electrons. The van der Waals surface area contributed by atoms with E-state index in [1.54, 1.807) is 0 Å². The molecule has 0 saturated carbocycles. The molecule has 0 radical (unpaired) electrons. The second-order valence-corrected chi connectivity index (χ2v) is 4.21. The highest BCUT2D eigenvalue weighted by molar-refractivity contribution is 9.09. The van der Waals surface area contributed by atoms with Crippen molar-refractivity contribution in [2.45, 2.75) is 12.2 Å². The average Bonchev–Trinajstić information content (AvgIpc) is 2.26. The Morgan fingerprint density at radius 3 is 2.62 bits per heavy atom. The van der Waals surface area contributed by atoms with Crippen molar-refractivity contribution in [3.8, 4) is 0 Å². The minimum absolute atomic E-state index is 0.00412. The standard InChI is InChI=1S/C9H9BrClNO4/c10-4-8(13)9(14)6-3-5(11)1-2-7(6)12(15)16/h1-3,8-9,13-14H,4H2. The molecule has 0 aromatic heterocycles. The Bertz CT molecular complexity index is 401. The van der Waals surface area contributed by atoms with Crippen molar-refractivity contribution in [2.75, 3.05) is 5.33 Å². The predicted molar refractivity (Wildman–Crippen MR) is 62.9 cm³/mol. The number of hydrogen-bond donors (Lipinski definition) is 2. The SMILES string of the molecule is O=[N+]([O-])c1ccc(Cl)cc1C(O)C(O)CBr. The van der Waals surface area contributed by atoms with E-state index in [2.05, 4.69) is 15.9 Å². The van der Waals surface area contributed by atoms with Crippen LogP contribution in [0.3, 0.4) is 0 Å². The molecule has 1 aromatic carbocycles. The van der Waals surface area contributed by atoms with Gasteiger partial charge in [0.25, 0.3) is 5.69 Å². The molecule has 1 rings (SSSR count). The van der Waals surface area contributed by atoms with Gasteiger partial charge in [0.1, 0.15) is 6.10 Å². The van der Waals surface area contributed by atoms with Crippen molar-refractivity contribution < 1.29 is 15.1 Å². The molecule has 0 heterocycles. The summed E-state index contributed by atoms with van der Waals surface area (Å²) >= 11 is 8.67. The van der Waals surface area contributed by atoms with Crippen LogP contribution in [0.5, 0.6) is 0 Å². The van der Waals surface area contributed by atoms with E-state index >= 15 is 0 Å². The van der Waals surface area contributed by atoms with Gasteiger partial charge in [-0.1, -0.05) is 27.5 Å². The molecule has 0 spiro atoms. The van der Waals surface area contributed by atoms with Crippen molar-refractivity contribution in [1.82, 2.24) is 0 Å². The molecule has 0 aliphatic carbocycles. The van der Waals surface area contributed by atoms with Crippen LogP contribution in [0.2, 0.25) is 5.02 Å². The maximum Gasteiger partial charge on any atom is 0.275 e. The molecular formula is C9H9BrClNO4. The zero-order valence-corrected chi connectivity index (χ0v) is 10.3. The third-order valence-electron chi connectivity index (χ3n) is 2.03. The van der Waals surface area contributed by atoms with Gasteiger partial charge in [-0.05, 0) is 12.1 Å². The summed E-state index contributed by atoms with van der Waals surface area (Å²) < 4.78 is 0. The van der Waals surface area contributed by atoms with Crippen molar-refractivity contribution >= 4 is 33.2 Å². The van der Waals surface area contributed by atoms with E-state index < -0.39 is 17.1 Å². The van der Waals surface area contributed by atoms with E-state index in [-0.39, 0.29) is 21.6 Å². The predicted octanol–water partition coefficient (Wildman–Crippen LogP) is 2.04. The van der Waals surface area contributed by atoms with Crippen LogP contribution in [0.15, 0.2) is 18.2 Å². The summed E-state index contributed by atoms with van der Waals surface area (Å²) in [6.45, 7) is 0. The van der Waals surface area contributed by atoms with Gasteiger partial charge in [0.15, 0.2) is 0 Å². The lowest BCUT2D eigenvalue weighted by Gasteiger charge is -2.15. The van der Waals surface area contributed by atoms with Gasteiger partial charge in [-0.3, -0.25) is 10.1 Å². The molecule has 2 atom stereocenters. The van der Waals surface area contributed by atoms with Gasteiger partial charge in [0, 0.05) is 16.4 Å². The molecule has 2 N–H and O–H groups in total. The number of benzene rings is 1. The number of alkyl halides is 1. The summed E-state index contributed by atoms with van der Waals surface area (Å²) in [4.78, 5) is 10.1. The van der Waals surface area contributed by atoms with E-state index in [9.17, 15) is 20.3 Å². The molecule has 7 heteroatoms. The largest absolute Gasteiger partial charge is 0.389 e. The van der Waals surface area contributed by atoms with E-state index in [0.29, 0.717) is 0 Å². The number of halogens is 2. The first-order chi connectivity index (χ1) is 7.47. The molecule has 2 unspecified atom stereocenters. The molecule has 1 aromatic rings. The third kappa shape index (κ3) is 2.91. The lowest BCUT2D eigenvalue weighted by atomic mass is 10.0. The summed E-state index contributed by atoms with van der Waals surface area (Å²) in [5.74, 6) is 0. The normalized spacial score (nSPS) is 14.5. The Labute approximate surface area is 105 Å². The van der Waals surface area contributed by atoms with E-state index in [0.717, 1.165) is 0 Å². The van der Waals surface area contributed by atoms with E-state index in [4.69, 9.17) is 11.6 Å². The molecule has 0 aliphatic heterocycles. The van der Waals surface area contributed by atoms with Gasteiger partial charge < -0.3 is 10.2 Å². The zero-order chi connectivity index (χ0) is 12.3. The van der Waals surface area contributed by atoms with Gasteiger partial charge in [0.05, 0.1) is 16.6 Å². The van der Waals surface area contributed by atoms with Crippen LogP contribution in [0.4, 0.5) is 5.69 Å². The van der Waals surface area contributed by atoms with E-state index in [1.807, 2.05) is 0 Å². The number of aliphatic hydroxyl groups is 2. The molecule has 0 aliphatic rings. The Kier molecular flexibility index (Phi) is 4.67. The molecular weight excluding hydrogens is 301 g/mol. The number of nitrogens with zero attached hydrogens (tertiary/aromatic N) is 1. The second kappa shape index (κ2) is 5.58. The molecule has 16 heavy (non-hydrogen) atoms. The number of nitro groups is 1. The van der Waals surface area contributed by atoms with Crippen LogP contribution in [-0.4, -0.2) is 26.6 Å². The number of aliphatic hydroxyl groups excluding tert-OH is 2. The van der Waals surface area contributed by atoms with Gasteiger partial charge in [-0.15, -0.1) is 0 Å². The second-order valence-electron chi connectivity index (χ2n) is 3.13. The highest BCUT2D eigenvalue weighted by Crippen LogP contribution is 2.30. The topological polar surface area (TPSA) is 83.6 Å². The van der Waals surface area contributed by atoms with Crippen molar-refractivity contribution in [2.24, 2.45) is 0 Å². The lowest BCUT2D eigenvalue weighted by molar-refractivity contribution is -0.386. The van der Waals surface area contributed by atoms with Crippen molar-refractivity contribution in [1.29, 1.82) is 0 Å². The molecule has 0 fully saturated rings. The van der Waals surface area contributed by atoms with Crippen LogP contribution < -0.4 is 0 Å². The van der Waals surface area contributed by atoms with Crippen LogP contribution in [-0.2, 0) is 0 Å². The van der Waals surface area contributed by atoms with Crippen LogP contribution >= 0.6 is 27.5 Å². The summed E-state index contributed by atoms with van der Waals surface area (Å²) in [6, 6.07) is 3.83. The molecule has 0 amide bonds. The third-order valence-corrected chi connectivity index (χ3v) is 2.93. The fourth-order valence-electron chi connectivity index (χ4n) is 1.22. The smallest absolute Gasteiger partial charge is 0.275 e. The van der Waals surface area contributed by atoms with Gasteiger partial charge in [-0.2, -0.15) is 0 Å². The lowest BCUT2D eigenvalue weighted by Crippen LogP contribution is -2.20. The number of nitro benzene ring substituents is 1. The van der Waals surface area contributed by atoms with E-state index in [1.165, 1.54) is 18.2 Å². The number of rotatable bonds is 4. The van der Waals surface area contributed by atoms with Gasteiger partial charge >= 0.3 is 0 Å². The quantitative estimate of drug-likeness (QED) is 0.506. The Morgan fingerprint density at radius 1 is 1.50 bits per heavy atom. The maximum absolute atomic E-state index is 10.7. The minimum Gasteiger partial charge on any atom is -0.389 e. The fourth-order valence-corrected chi connectivity index (χ4v) is 1.75. The number of hydrogen-bond acceptors (Lipinski definition) is 4. The molecule has 0 bridgehead atoms. The summed E-state index contributed by atoms with van der Waals surface area (Å²) in [6.07, 6.45) is -2.48. The Morgan fingerprint density at radius 2 is 2.12 bits per heavy atom. The zero-order valence-electron chi connectivity index (χ0n) is 8.01. The Balaban J connectivity index is 3.19. The summed E-state index contributed by atoms with van der Waals surface area (Å²) in [5.41, 5.74) is -0.263. The molecule has 0 saturated heterocycles. The first-order valence-electron chi connectivity index (χ1n) is 4.33. The minimum atomic E-state index is -1.35. The highest BCUT2D eigenvalue weighted by Gasteiger charge is 2.25. The summed E-state index contributed by atoms with van der Waals surface area (Å²) in [7, 11) is 0. The highest BCUT2D eigenvalue weighted by atomic mass is 79.9. The monoisotopic (exact) mass is 309 g/mol. The van der Waals surface area contributed by atoms with Crippen LogP contribution in [0.25, 0.3) is 0 Å². The van der Waals surface area contributed by atoms with Crippen LogP contribution in [0, 0.1) is 10.1 Å². The van der Waals surface area contributed by atoms with Crippen molar-refractivity contribution in [3.05, 3.63) is 38.9 Å². The first-order valence-corrected chi connectivity index (χ1v) is 5.83. The Hall–Kier alpha value is -0.690. The fraction of sp³-hybridized carbons (Fsp3) is 0.333. The summed E-state index contributed by atoms with van der Waals surface area (Å²) in [5, 5.41) is 30.2.